The number of hydrogen-bond acceptors (Lipinski definition) is 5. The molecule has 2 heterocycles. The van der Waals surface area contributed by atoms with Crippen LogP contribution in [0.4, 0.5) is 15.9 Å². The van der Waals surface area contributed by atoms with E-state index >= 15 is 0 Å². The number of morpholine rings is 1. The Kier molecular flexibility index (Phi) is 3.70. The molecule has 0 saturated carbocycles. The average molecular weight is 288 g/mol. The minimum Gasteiger partial charge on any atom is -0.396 e. The monoisotopic (exact) mass is 288 g/mol. The summed E-state index contributed by atoms with van der Waals surface area (Å²) in [5.74, 6) is 0.922. The molecule has 3 rings (SSSR count). The van der Waals surface area contributed by atoms with Gasteiger partial charge >= 0.3 is 0 Å². The minimum atomic E-state index is -0.454. The fourth-order valence-corrected chi connectivity index (χ4v) is 2.33. The molecule has 0 atom stereocenters. The van der Waals surface area contributed by atoms with Gasteiger partial charge in [0.15, 0.2) is 5.82 Å². The predicted octanol–water partition coefficient (Wildman–Crippen LogP) is 2.01. The molecule has 2 aromatic rings. The lowest BCUT2D eigenvalue weighted by molar-refractivity contribution is 0.122. The molecule has 1 saturated heterocycles. The van der Waals surface area contributed by atoms with Crippen LogP contribution < -0.4 is 10.6 Å². The van der Waals surface area contributed by atoms with Crippen LogP contribution in [0, 0.1) is 12.7 Å². The Hall–Kier alpha value is -2.21. The molecule has 110 valence electrons. The topological polar surface area (TPSA) is 64.3 Å². The fourth-order valence-electron chi connectivity index (χ4n) is 2.33. The summed E-state index contributed by atoms with van der Waals surface area (Å²) in [5.41, 5.74) is 7.24. The number of nitrogens with two attached hydrogens (primary N) is 1. The van der Waals surface area contributed by atoms with Crippen molar-refractivity contribution in [3.8, 4) is 11.4 Å². The molecular formula is C15H17FN4O. The Bertz CT molecular complexity index is 656. The van der Waals surface area contributed by atoms with Gasteiger partial charge in [-0.2, -0.15) is 0 Å². The van der Waals surface area contributed by atoms with Gasteiger partial charge < -0.3 is 15.4 Å². The van der Waals surface area contributed by atoms with Crippen molar-refractivity contribution < 1.29 is 9.13 Å². The third kappa shape index (κ3) is 2.80. The van der Waals surface area contributed by atoms with Gasteiger partial charge in [0.25, 0.3) is 0 Å². The molecule has 21 heavy (non-hydrogen) atoms. The van der Waals surface area contributed by atoms with Crippen molar-refractivity contribution >= 4 is 11.5 Å². The Labute approximate surface area is 122 Å². The van der Waals surface area contributed by atoms with Crippen molar-refractivity contribution in [1.82, 2.24) is 9.97 Å². The van der Waals surface area contributed by atoms with E-state index in [-0.39, 0.29) is 5.69 Å². The average Bonchev–Trinajstić information content (AvgIpc) is 2.51. The lowest BCUT2D eigenvalue weighted by Crippen LogP contribution is -2.37. The van der Waals surface area contributed by atoms with Gasteiger partial charge in [0.05, 0.1) is 18.9 Å². The van der Waals surface area contributed by atoms with Gasteiger partial charge in [-0.3, -0.25) is 0 Å². The van der Waals surface area contributed by atoms with Crippen LogP contribution in [0.1, 0.15) is 5.56 Å². The second-order valence-electron chi connectivity index (χ2n) is 5.04. The molecule has 1 aliphatic heterocycles. The second kappa shape index (κ2) is 5.65. The molecule has 0 spiro atoms. The third-order valence-electron chi connectivity index (χ3n) is 3.51. The molecule has 2 N–H and O–H groups in total. The molecule has 0 unspecified atom stereocenters. The van der Waals surface area contributed by atoms with Crippen molar-refractivity contribution in [2.24, 2.45) is 0 Å². The van der Waals surface area contributed by atoms with E-state index in [2.05, 4.69) is 14.9 Å². The standard InChI is InChI=1S/C15H17FN4O/c1-10-9-18-14(11-2-3-13(17)12(16)8-11)19-15(10)20-4-6-21-7-5-20/h2-3,8-9H,4-7,17H2,1H3. The highest BCUT2D eigenvalue weighted by Gasteiger charge is 2.16. The Morgan fingerprint density at radius 3 is 2.76 bits per heavy atom. The number of benzene rings is 1. The lowest BCUT2D eigenvalue weighted by Gasteiger charge is -2.29. The van der Waals surface area contributed by atoms with Crippen LogP contribution in [0.25, 0.3) is 11.4 Å². The van der Waals surface area contributed by atoms with Gasteiger partial charge in [0.1, 0.15) is 11.6 Å². The number of nitrogen functional groups attached to an aromatic ring is 1. The van der Waals surface area contributed by atoms with E-state index in [1.54, 1.807) is 12.3 Å². The van der Waals surface area contributed by atoms with Crippen LogP contribution in [0.5, 0.6) is 0 Å². The first-order valence-corrected chi connectivity index (χ1v) is 6.87. The fraction of sp³-hybridized carbons (Fsp3) is 0.333. The zero-order valence-corrected chi connectivity index (χ0v) is 11.8. The number of aromatic nitrogens is 2. The van der Waals surface area contributed by atoms with E-state index in [4.69, 9.17) is 10.5 Å². The van der Waals surface area contributed by atoms with Crippen molar-refractivity contribution in [1.29, 1.82) is 0 Å². The number of anilines is 2. The molecule has 1 aromatic heterocycles. The summed E-state index contributed by atoms with van der Waals surface area (Å²) in [5, 5.41) is 0. The van der Waals surface area contributed by atoms with Gasteiger partial charge in [-0.25, -0.2) is 14.4 Å². The van der Waals surface area contributed by atoms with E-state index in [9.17, 15) is 4.39 Å². The Balaban J connectivity index is 1.98. The molecule has 1 aromatic carbocycles. The number of nitrogens with zero attached hydrogens (tertiary/aromatic N) is 3. The van der Waals surface area contributed by atoms with Crippen LogP contribution in [0.2, 0.25) is 0 Å². The molecule has 0 bridgehead atoms. The molecule has 1 fully saturated rings. The number of halogens is 1. The van der Waals surface area contributed by atoms with Crippen molar-refractivity contribution in [3.05, 3.63) is 35.8 Å². The van der Waals surface area contributed by atoms with Crippen LogP contribution in [0.15, 0.2) is 24.4 Å². The summed E-state index contributed by atoms with van der Waals surface area (Å²) in [6.07, 6.45) is 1.77. The highest BCUT2D eigenvalue weighted by molar-refractivity contribution is 5.62. The number of hydrogen-bond donors (Lipinski definition) is 1. The zero-order chi connectivity index (χ0) is 14.8. The molecule has 5 nitrogen and oxygen atoms in total. The summed E-state index contributed by atoms with van der Waals surface area (Å²) in [6, 6.07) is 4.62. The van der Waals surface area contributed by atoms with Crippen LogP contribution >= 0.6 is 0 Å². The Morgan fingerprint density at radius 1 is 1.29 bits per heavy atom. The lowest BCUT2D eigenvalue weighted by atomic mass is 10.2. The van der Waals surface area contributed by atoms with E-state index in [0.29, 0.717) is 24.6 Å². The van der Waals surface area contributed by atoms with E-state index in [0.717, 1.165) is 24.5 Å². The summed E-state index contributed by atoms with van der Waals surface area (Å²) in [4.78, 5) is 11.1. The van der Waals surface area contributed by atoms with Crippen LogP contribution in [-0.2, 0) is 4.74 Å². The van der Waals surface area contributed by atoms with E-state index in [1.165, 1.54) is 12.1 Å². The highest BCUT2D eigenvalue weighted by atomic mass is 19.1. The summed E-state index contributed by atoms with van der Waals surface area (Å²) >= 11 is 0. The maximum atomic E-state index is 13.6. The SMILES string of the molecule is Cc1cnc(-c2ccc(N)c(F)c2)nc1N1CCOCC1. The normalized spacial score (nSPS) is 15.2. The largest absolute Gasteiger partial charge is 0.396 e. The van der Waals surface area contributed by atoms with Gasteiger partial charge in [-0.05, 0) is 25.1 Å². The molecule has 0 aliphatic carbocycles. The van der Waals surface area contributed by atoms with E-state index < -0.39 is 5.82 Å². The van der Waals surface area contributed by atoms with Crippen molar-refractivity contribution in [3.63, 3.8) is 0 Å². The minimum absolute atomic E-state index is 0.124. The molecule has 0 radical (unpaired) electrons. The quantitative estimate of drug-likeness (QED) is 0.856. The predicted molar refractivity (Wildman–Crippen MR) is 79.6 cm³/mol. The van der Waals surface area contributed by atoms with Gasteiger partial charge in [0, 0.05) is 30.4 Å². The first-order valence-electron chi connectivity index (χ1n) is 6.87. The molecule has 6 heteroatoms. The molecule has 0 amide bonds. The number of ether oxygens (including phenoxy) is 1. The smallest absolute Gasteiger partial charge is 0.161 e. The first kappa shape index (κ1) is 13.8. The number of aryl methyl sites for hydroxylation is 1. The second-order valence-corrected chi connectivity index (χ2v) is 5.04. The third-order valence-corrected chi connectivity index (χ3v) is 3.51. The van der Waals surface area contributed by atoms with Crippen molar-refractivity contribution in [2.45, 2.75) is 6.92 Å². The zero-order valence-electron chi connectivity index (χ0n) is 11.8. The Morgan fingerprint density at radius 2 is 2.05 bits per heavy atom. The van der Waals surface area contributed by atoms with Gasteiger partial charge in [0.2, 0.25) is 0 Å². The van der Waals surface area contributed by atoms with Crippen LogP contribution in [-0.4, -0.2) is 36.3 Å². The van der Waals surface area contributed by atoms with E-state index in [1.807, 2.05) is 6.92 Å². The maximum Gasteiger partial charge on any atom is 0.161 e. The summed E-state index contributed by atoms with van der Waals surface area (Å²) in [6.45, 7) is 4.95. The summed E-state index contributed by atoms with van der Waals surface area (Å²) in [7, 11) is 0. The summed E-state index contributed by atoms with van der Waals surface area (Å²) < 4.78 is 18.9. The maximum absolute atomic E-state index is 13.6. The van der Waals surface area contributed by atoms with Gasteiger partial charge in [-0.1, -0.05) is 0 Å². The molecule has 1 aliphatic rings. The van der Waals surface area contributed by atoms with Gasteiger partial charge in [-0.15, -0.1) is 0 Å². The van der Waals surface area contributed by atoms with Crippen molar-refractivity contribution in [2.75, 3.05) is 36.9 Å². The van der Waals surface area contributed by atoms with Crippen LogP contribution in [0.3, 0.4) is 0 Å². The highest BCUT2D eigenvalue weighted by Crippen LogP contribution is 2.24. The first-order chi connectivity index (χ1) is 10.1. The number of rotatable bonds is 2. The molecular weight excluding hydrogens is 271 g/mol.